The molecule has 0 N–H and O–H groups in total. The van der Waals surface area contributed by atoms with Crippen LogP contribution in [0.3, 0.4) is 0 Å². The number of anilines is 1. The molecule has 1 aromatic heterocycles. The zero-order valence-electron chi connectivity index (χ0n) is 8.03. The minimum absolute atomic E-state index is 0.534. The Morgan fingerprint density at radius 3 is 2.71 bits per heavy atom. The molecule has 76 valence electrons. The van der Waals surface area contributed by atoms with Crippen LogP contribution >= 0.6 is 23.4 Å². The van der Waals surface area contributed by atoms with Gasteiger partial charge in [0.25, 0.3) is 0 Å². The maximum absolute atomic E-state index is 5.92. The molecule has 2 heterocycles. The Balaban J connectivity index is 2.27. The van der Waals surface area contributed by atoms with Gasteiger partial charge >= 0.3 is 0 Å². The van der Waals surface area contributed by atoms with Crippen molar-refractivity contribution in [2.75, 3.05) is 24.2 Å². The molecule has 0 unspecified atom stereocenters. The Morgan fingerprint density at radius 1 is 1.36 bits per heavy atom. The summed E-state index contributed by atoms with van der Waals surface area (Å²) >= 11 is 7.44. The summed E-state index contributed by atoms with van der Waals surface area (Å²) in [5, 5.41) is 1.28. The quantitative estimate of drug-likeness (QED) is 0.443. The normalized spacial score (nSPS) is 16.3. The van der Waals surface area contributed by atoms with E-state index in [0.29, 0.717) is 5.15 Å². The molecule has 0 radical (unpaired) electrons. The van der Waals surface area contributed by atoms with E-state index in [0.717, 1.165) is 24.1 Å². The second kappa shape index (κ2) is 4.36. The Bertz CT molecular complexity index is 326. The molecule has 0 aliphatic carbocycles. The molecule has 1 aliphatic heterocycles. The zero-order chi connectivity index (χ0) is 9.97. The lowest BCUT2D eigenvalue weighted by Gasteiger charge is -2.16. The fraction of sp³-hybridized carbons (Fsp3) is 0.556. The molecule has 1 aliphatic rings. The molecule has 0 amide bonds. The zero-order valence-corrected chi connectivity index (χ0v) is 9.61. The summed E-state index contributed by atoms with van der Waals surface area (Å²) in [4.78, 5) is 10.8. The van der Waals surface area contributed by atoms with Crippen LogP contribution in [0.2, 0.25) is 5.15 Å². The van der Waals surface area contributed by atoms with Crippen molar-refractivity contribution in [2.45, 2.75) is 18.0 Å². The molecule has 14 heavy (non-hydrogen) atoms. The van der Waals surface area contributed by atoms with Gasteiger partial charge in [-0.25, -0.2) is 9.97 Å². The molecule has 1 aromatic rings. The predicted octanol–water partition coefficient (Wildman–Crippen LogP) is 2.45. The van der Waals surface area contributed by atoms with Crippen LogP contribution in [-0.2, 0) is 0 Å². The van der Waals surface area contributed by atoms with Crippen LogP contribution in [0.4, 0.5) is 5.82 Å². The van der Waals surface area contributed by atoms with Crippen molar-refractivity contribution in [3.8, 4) is 0 Å². The van der Waals surface area contributed by atoms with Crippen molar-refractivity contribution in [3.63, 3.8) is 0 Å². The highest BCUT2D eigenvalue weighted by atomic mass is 35.5. The van der Waals surface area contributed by atoms with Crippen LogP contribution in [-0.4, -0.2) is 29.3 Å². The second-order valence-electron chi connectivity index (χ2n) is 3.23. The van der Waals surface area contributed by atoms with E-state index in [2.05, 4.69) is 14.9 Å². The molecule has 0 spiro atoms. The SMILES string of the molecule is CSc1nc(Cl)cc(N2CCCC2)n1. The number of halogens is 1. The Morgan fingerprint density at radius 2 is 2.07 bits per heavy atom. The smallest absolute Gasteiger partial charge is 0.190 e. The van der Waals surface area contributed by atoms with Gasteiger partial charge in [-0.1, -0.05) is 23.4 Å². The van der Waals surface area contributed by atoms with E-state index >= 15 is 0 Å². The molecule has 0 atom stereocenters. The summed E-state index contributed by atoms with van der Waals surface area (Å²) in [6, 6.07) is 1.84. The van der Waals surface area contributed by atoms with Crippen molar-refractivity contribution in [3.05, 3.63) is 11.2 Å². The van der Waals surface area contributed by atoms with Crippen LogP contribution < -0.4 is 4.90 Å². The number of aromatic nitrogens is 2. The van der Waals surface area contributed by atoms with Gasteiger partial charge in [-0.3, -0.25) is 0 Å². The summed E-state index contributed by atoms with van der Waals surface area (Å²) in [6.45, 7) is 2.17. The summed E-state index contributed by atoms with van der Waals surface area (Å²) in [5.74, 6) is 0.965. The van der Waals surface area contributed by atoms with Gasteiger partial charge in [-0.05, 0) is 19.1 Å². The van der Waals surface area contributed by atoms with Gasteiger partial charge in [0, 0.05) is 19.2 Å². The Labute approximate surface area is 92.9 Å². The minimum Gasteiger partial charge on any atom is -0.356 e. The molecular weight excluding hydrogens is 218 g/mol. The lowest BCUT2D eigenvalue weighted by molar-refractivity contribution is 0.879. The second-order valence-corrected chi connectivity index (χ2v) is 4.39. The molecule has 2 rings (SSSR count). The summed E-state index contributed by atoms with van der Waals surface area (Å²) < 4.78 is 0. The maximum atomic E-state index is 5.92. The van der Waals surface area contributed by atoms with Crippen LogP contribution in [0.25, 0.3) is 0 Å². The average Bonchev–Trinajstić information content (AvgIpc) is 2.69. The van der Waals surface area contributed by atoms with Crippen LogP contribution in [0.15, 0.2) is 11.2 Å². The van der Waals surface area contributed by atoms with Crippen molar-refractivity contribution in [1.29, 1.82) is 0 Å². The first kappa shape index (κ1) is 10.1. The third-order valence-corrected chi connectivity index (χ3v) is 3.01. The van der Waals surface area contributed by atoms with Crippen LogP contribution in [0, 0.1) is 0 Å². The van der Waals surface area contributed by atoms with E-state index in [1.165, 1.54) is 24.6 Å². The number of nitrogens with zero attached hydrogens (tertiary/aromatic N) is 3. The Kier molecular flexibility index (Phi) is 3.13. The van der Waals surface area contributed by atoms with Gasteiger partial charge in [0.2, 0.25) is 0 Å². The highest BCUT2D eigenvalue weighted by molar-refractivity contribution is 7.98. The highest BCUT2D eigenvalue weighted by Gasteiger charge is 2.14. The lowest BCUT2D eigenvalue weighted by Crippen LogP contribution is -2.19. The minimum atomic E-state index is 0.534. The van der Waals surface area contributed by atoms with E-state index in [-0.39, 0.29) is 0 Å². The lowest BCUT2D eigenvalue weighted by atomic mass is 10.4. The van der Waals surface area contributed by atoms with Crippen LogP contribution in [0.5, 0.6) is 0 Å². The number of thioether (sulfide) groups is 1. The van der Waals surface area contributed by atoms with E-state index < -0.39 is 0 Å². The number of hydrogen-bond donors (Lipinski definition) is 0. The molecule has 3 nitrogen and oxygen atoms in total. The van der Waals surface area contributed by atoms with E-state index in [9.17, 15) is 0 Å². The standard InChI is InChI=1S/C9H12ClN3S/c1-14-9-11-7(10)6-8(12-9)13-4-2-3-5-13/h6H,2-5H2,1H3. The van der Waals surface area contributed by atoms with E-state index in [4.69, 9.17) is 11.6 Å². The average molecular weight is 230 g/mol. The van der Waals surface area contributed by atoms with Gasteiger partial charge in [-0.2, -0.15) is 0 Å². The molecule has 1 fully saturated rings. The molecule has 1 saturated heterocycles. The van der Waals surface area contributed by atoms with Gasteiger partial charge in [0.05, 0.1) is 0 Å². The third-order valence-electron chi connectivity index (χ3n) is 2.27. The summed E-state index contributed by atoms with van der Waals surface area (Å²) in [5.41, 5.74) is 0. The molecular formula is C9H12ClN3S. The van der Waals surface area contributed by atoms with Crippen molar-refractivity contribution in [1.82, 2.24) is 9.97 Å². The fourth-order valence-corrected chi connectivity index (χ4v) is 2.19. The van der Waals surface area contributed by atoms with Gasteiger partial charge in [0.15, 0.2) is 5.16 Å². The van der Waals surface area contributed by atoms with Crippen molar-refractivity contribution < 1.29 is 0 Å². The summed E-state index contributed by atoms with van der Waals surface area (Å²) in [7, 11) is 0. The Hall–Kier alpha value is -0.480. The third kappa shape index (κ3) is 2.12. The summed E-state index contributed by atoms with van der Waals surface area (Å²) in [6.07, 6.45) is 4.45. The van der Waals surface area contributed by atoms with Gasteiger partial charge in [0.1, 0.15) is 11.0 Å². The molecule has 5 heteroatoms. The fourth-order valence-electron chi connectivity index (χ4n) is 1.58. The van der Waals surface area contributed by atoms with Crippen LogP contribution in [0.1, 0.15) is 12.8 Å². The monoisotopic (exact) mass is 229 g/mol. The van der Waals surface area contributed by atoms with Gasteiger partial charge < -0.3 is 4.90 Å². The van der Waals surface area contributed by atoms with E-state index in [1.54, 1.807) is 0 Å². The van der Waals surface area contributed by atoms with Crippen molar-refractivity contribution in [2.24, 2.45) is 0 Å². The molecule has 0 saturated carbocycles. The predicted molar refractivity (Wildman–Crippen MR) is 60.3 cm³/mol. The largest absolute Gasteiger partial charge is 0.356 e. The topological polar surface area (TPSA) is 29.0 Å². The first-order chi connectivity index (χ1) is 6.79. The number of hydrogen-bond acceptors (Lipinski definition) is 4. The van der Waals surface area contributed by atoms with E-state index in [1.807, 2.05) is 12.3 Å². The molecule has 0 aromatic carbocycles. The first-order valence-corrected chi connectivity index (χ1v) is 6.23. The molecule has 0 bridgehead atoms. The number of rotatable bonds is 2. The van der Waals surface area contributed by atoms with Gasteiger partial charge in [-0.15, -0.1) is 0 Å². The van der Waals surface area contributed by atoms with Crippen molar-refractivity contribution >= 4 is 29.2 Å². The maximum Gasteiger partial charge on any atom is 0.190 e. The highest BCUT2D eigenvalue weighted by Crippen LogP contribution is 2.23. The first-order valence-electron chi connectivity index (χ1n) is 4.63.